The van der Waals surface area contributed by atoms with Gasteiger partial charge in [0.2, 0.25) is 0 Å². The predicted molar refractivity (Wildman–Crippen MR) is 62.1 cm³/mol. The molecule has 3 heteroatoms. The van der Waals surface area contributed by atoms with Crippen LogP contribution in [0.2, 0.25) is 0 Å². The van der Waals surface area contributed by atoms with Crippen LogP contribution in [-0.2, 0) is 4.74 Å². The third-order valence-corrected chi connectivity index (χ3v) is 3.48. The van der Waals surface area contributed by atoms with Crippen LogP contribution in [0.1, 0.15) is 32.6 Å². The van der Waals surface area contributed by atoms with E-state index < -0.39 is 0 Å². The van der Waals surface area contributed by atoms with E-state index in [0.717, 1.165) is 13.1 Å². The second kappa shape index (κ2) is 5.83. The lowest BCUT2D eigenvalue weighted by Crippen LogP contribution is -2.32. The van der Waals surface area contributed by atoms with E-state index in [4.69, 9.17) is 4.74 Å². The molecule has 88 valence electrons. The Hall–Kier alpha value is -0.120. The van der Waals surface area contributed by atoms with E-state index in [1.54, 1.807) is 0 Å². The van der Waals surface area contributed by atoms with Crippen LogP contribution in [-0.4, -0.2) is 49.8 Å². The minimum atomic E-state index is 0.470. The van der Waals surface area contributed by atoms with Gasteiger partial charge in [-0.3, -0.25) is 0 Å². The van der Waals surface area contributed by atoms with Gasteiger partial charge in [-0.2, -0.15) is 0 Å². The largest absolute Gasteiger partial charge is 0.372 e. The number of hydrogen-bond donors (Lipinski definition) is 1. The molecule has 0 bridgehead atoms. The molecule has 0 aromatic heterocycles. The van der Waals surface area contributed by atoms with E-state index in [1.165, 1.54) is 45.3 Å². The van der Waals surface area contributed by atoms with Crippen molar-refractivity contribution >= 4 is 0 Å². The fraction of sp³-hybridized carbons (Fsp3) is 1.00. The van der Waals surface area contributed by atoms with Crippen molar-refractivity contribution in [2.75, 3.05) is 32.7 Å². The molecule has 0 saturated carbocycles. The van der Waals surface area contributed by atoms with Crippen molar-refractivity contribution in [2.45, 2.75) is 44.8 Å². The van der Waals surface area contributed by atoms with Gasteiger partial charge in [-0.05, 0) is 45.3 Å². The fourth-order valence-corrected chi connectivity index (χ4v) is 2.62. The Morgan fingerprint density at radius 2 is 1.93 bits per heavy atom. The van der Waals surface area contributed by atoms with Crippen molar-refractivity contribution in [2.24, 2.45) is 0 Å². The van der Waals surface area contributed by atoms with Crippen LogP contribution in [0.25, 0.3) is 0 Å². The van der Waals surface area contributed by atoms with Crippen LogP contribution in [0, 0.1) is 0 Å². The van der Waals surface area contributed by atoms with Crippen LogP contribution in [0.3, 0.4) is 0 Å². The monoisotopic (exact) mass is 212 g/mol. The van der Waals surface area contributed by atoms with Crippen LogP contribution >= 0.6 is 0 Å². The van der Waals surface area contributed by atoms with Gasteiger partial charge in [-0.15, -0.1) is 0 Å². The van der Waals surface area contributed by atoms with Crippen LogP contribution in [0.15, 0.2) is 0 Å². The van der Waals surface area contributed by atoms with Gasteiger partial charge in [0.05, 0.1) is 12.2 Å². The van der Waals surface area contributed by atoms with Gasteiger partial charge in [0.25, 0.3) is 0 Å². The summed E-state index contributed by atoms with van der Waals surface area (Å²) in [7, 11) is 0. The van der Waals surface area contributed by atoms with E-state index in [1.807, 2.05) is 0 Å². The standard InChI is InChI=1S/C12H24N2O/c1-2-13-9-11-5-6-12(15-11)10-14-7-3-4-8-14/h11-13H,2-10H2,1H3. The van der Waals surface area contributed by atoms with Crippen molar-refractivity contribution in [3.05, 3.63) is 0 Å². The summed E-state index contributed by atoms with van der Waals surface area (Å²) in [5.41, 5.74) is 0. The summed E-state index contributed by atoms with van der Waals surface area (Å²) in [5.74, 6) is 0. The third kappa shape index (κ3) is 3.44. The maximum absolute atomic E-state index is 6.02. The molecule has 3 nitrogen and oxygen atoms in total. The summed E-state index contributed by atoms with van der Waals surface area (Å²) in [6.45, 7) is 7.98. The molecule has 2 saturated heterocycles. The molecule has 2 aliphatic rings. The molecule has 2 heterocycles. The van der Waals surface area contributed by atoms with E-state index in [-0.39, 0.29) is 0 Å². The van der Waals surface area contributed by atoms with Gasteiger partial charge in [-0.25, -0.2) is 0 Å². The molecule has 2 fully saturated rings. The van der Waals surface area contributed by atoms with E-state index in [9.17, 15) is 0 Å². The summed E-state index contributed by atoms with van der Waals surface area (Å²) >= 11 is 0. The summed E-state index contributed by atoms with van der Waals surface area (Å²) in [6.07, 6.45) is 6.24. The summed E-state index contributed by atoms with van der Waals surface area (Å²) < 4.78 is 6.02. The lowest BCUT2D eigenvalue weighted by molar-refractivity contribution is 0.0278. The molecule has 0 radical (unpaired) electrons. The van der Waals surface area contributed by atoms with Crippen LogP contribution in [0.4, 0.5) is 0 Å². The maximum Gasteiger partial charge on any atom is 0.0707 e. The van der Waals surface area contributed by atoms with Crippen molar-refractivity contribution in [3.8, 4) is 0 Å². The molecule has 2 atom stereocenters. The number of nitrogens with zero attached hydrogens (tertiary/aromatic N) is 1. The first-order chi connectivity index (χ1) is 7.38. The fourth-order valence-electron chi connectivity index (χ4n) is 2.62. The highest BCUT2D eigenvalue weighted by Crippen LogP contribution is 2.21. The van der Waals surface area contributed by atoms with Crippen molar-refractivity contribution in [1.29, 1.82) is 0 Å². The molecule has 2 aliphatic heterocycles. The number of likely N-dealkylation sites (tertiary alicyclic amines) is 1. The summed E-state index contributed by atoms with van der Waals surface area (Å²) in [4.78, 5) is 2.56. The Labute approximate surface area is 93.2 Å². The first kappa shape index (κ1) is 11.4. The number of rotatable bonds is 5. The quantitative estimate of drug-likeness (QED) is 0.742. The third-order valence-electron chi connectivity index (χ3n) is 3.48. The molecule has 15 heavy (non-hydrogen) atoms. The maximum atomic E-state index is 6.02. The zero-order valence-electron chi connectivity index (χ0n) is 9.87. The molecule has 0 aromatic rings. The highest BCUT2D eigenvalue weighted by Gasteiger charge is 2.27. The molecule has 2 unspecified atom stereocenters. The average molecular weight is 212 g/mol. The Kier molecular flexibility index (Phi) is 4.42. The number of ether oxygens (including phenoxy) is 1. The molecule has 0 spiro atoms. The highest BCUT2D eigenvalue weighted by molar-refractivity contribution is 4.79. The lowest BCUT2D eigenvalue weighted by Gasteiger charge is -2.20. The van der Waals surface area contributed by atoms with Gasteiger partial charge >= 0.3 is 0 Å². The molecular formula is C12H24N2O. The molecular weight excluding hydrogens is 188 g/mol. The van der Waals surface area contributed by atoms with E-state index in [0.29, 0.717) is 12.2 Å². The Balaban J connectivity index is 1.63. The minimum absolute atomic E-state index is 0.470. The molecule has 2 rings (SSSR count). The summed E-state index contributed by atoms with van der Waals surface area (Å²) in [6, 6.07) is 0. The second-order valence-electron chi connectivity index (χ2n) is 4.77. The average Bonchev–Trinajstić information content (AvgIpc) is 2.87. The van der Waals surface area contributed by atoms with Gasteiger partial charge in [0.1, 0.15) is 0 Å². The molecule has 0 amide bonds. The Morgan fingerprint density at radius 1 is 1.20 bits per heavy atom. The zero-order chi connectivity index (χ0) is 10.5. The van der Waals surface area contributed by atoms with Gasteiger partial charge in [0.15, 0.2) is 0 Å². The second-order valence-corrected chi connectivity index (χ2v) is 4.77. The van der Waals surface area contributed by atoms with E-state index >= 15 is 0 Å². The van der Waals surface area contributed by atoms with Crippen molar-refractivity contribution in [1.82, 2.24) is 10.2 Å². The van der Waals surface area contributed by atoms with Crippen molar-refractivity contribution < 1.29 is 4.74 Å². The highest BCUT2D eigenvalue weighted by atomic mass is 16.5. The number of hydrogen-bond acceptors (Lipinski definition) is 3. The first-order valence-electron chi connectivity index (χ1n) is 6.47. The molecule has 0 aliphatic carbocycles. The van der Waals surface area contributed by atoms with E-state index in [2.05, 4.69) is 17.1 Å². The first-order valence-corrected chi connectivity index (χ1v) is 6.47. The van der Waals surface area contributed by atoms with Gasteiger partial charge in [-0.1, -0.05) is 6.92 Å². The Morgan fingerprint density at radius 3 is 2.67 bits per heavy atom. The van der Waals surface area contributed by atoms with Crippen LogP contribution < -0.4 is 5.32 Å². The van der Waals surface area contributed by atoms with Crippen molar-refractivity contribution in [3.63, 3.8) is 0 Å². The van der Waals surface area contributed by atoms with Gasteiger partial charge < -0.3 is 15.0 Å². The summed E-state index contributed by atoms with van der Waals surface area (Å²) in [5, 5.41) is 3.37. The molecule has 1 N–H and O–H groups in total. The van der Waals surface area contributed by atoms with Crippen LogP contribution in [0.5, 0.6) is 0 Å². The lowest BCUT2D eigenvalue weighted by atomic mass is 10.2. The minimum Gasteiger partial charge on any atom is -0.372 e. The normalized spacial score (nSPS) is 32.6. The Bertz CT molecular complexity index is 180. The van der Waals surface area contributed by atoms with Gasteiger partial charge in [0, 0.05) is 13.1 Å². The predicted octanol–water partition coefficient (Wildman–Crippen LogP) is 1.24. The molecule has 0 aromatic carbocycles. The smallest absolute Gasteiger partial charge is 0.0707 e. The number of nitrogens with one attached hydrogen (secondary N) is 1. The SMILES string of the molecule is CCNCC1CCC(CN2CCCC2)O1. The number of likely N-dealkylation sites (N-methyl/N-ethyl adjacent to an activating group) is 1. The zero-order valence-corrected chi connectivity index (χ0v) is 9.87. The topological polar surface area (TPSA) is 24.5 Å².